The Hall–Kier alpha value is -3.20. The van der Waals surface area contributed by atoms with Crippen LogP contribution >= 0.6 is 0 Å². The highest BCUT2D eigenvalue weighted by molar-refractivity contribution is 5.96. The molecule has 2 saturated heterocycles. The van der Waals surface area contributed by atoms with E-state index in [0.29, 0.717) is 43.9 Å². The number of benzene rings is 1. The number of morpholine rings is 1. The van der Waals surface area contributed by atoms with Gasteiger partial charge in [0.1, 0.15) is 11.3 Å². The molecule has 0 radical (unpaired) electrons. The molecule has 2 fully saturated rings. The number of ether oxygens (including phenoxy) is 2. The van der Waals surface area contributed by atoms with Gasteiger partial charge in [0.2, 0.25) is 0 Å². The number of nitrogens with zero attached hydrogens (tertiary/aromatic N) is 4. The number of hydrogen-bond acceptors (Lipinski definition) is 6. The first-order valence-corrected chi connectivity index (χ1v) is 12.1. The summed E-state index contributed by atoms with van der Waals surface area (Å²) in [5.74, 6) is -0.169. The lowest BCUT2D eigenvalue weighted by Crippen LogP contribution is -2.61. The van der Waals surface area contributed by atoms with Gasteiger partial charge in [-0.15, -0.1) is 0 Å². The highest BCUT2D eigenvalue weighted by atomic mass is 16.6. The van der Waals surface area contributed by atoms with Crippen molar-refractivity contribution in [1.82, 2.24) is 19.4 Å². The summed E-state index contributed by atoms with van der Waals surface area (Å²) in [6.45, 7) is 10.8. The van der Waals surface area contributed by atoms with Crippen LogP contribution in [0.2, 0.25) is 0 Å². The summed E-state index contributed by atoms with van der Waals surface area (Å²) in [6, 6.07) is 7.05. The second-order valence-corrected chi connectivity index (χ2v) is 10.2. The fourth-order valence-electron chi connectivity index (χ4n) is 4.90. The molecule has 188 valence electrons. The van der Waals surface area contributed by atoms with Gasteiger partial charge in [-0.05, 0) is 46.6 Å². The predicted octanol–water partition coefficient (Wildman–Crippen LogP) is 3.55. The summed E-state index contributed by atoms with van der Waals surface area (Å²) >= 11 is 0. The van der Waals surface area contributed by atoms with Crippen LogP contribution in [0.1, 0.15) is 73.5 Å². The quantitative estimate of drug-likeness (QED) is 0.619. The van der Waals surface area contributed by atoms with Crippen molar-refractivity contribution in [2.45, 2.75) is 64.8 Å². The number of rotatable bonds is 4. The van der Waals surface area contributed by atoms with Gasteiger partial charge in [0.25, 0.3) is 5.91 Å². The average molecular weight is 483 g/mol. The predicted molar refractivity (Wildman–Crippen MR) is 129 cm³/mol. The van der Waals surface area contributed by atoms with E-state index < -0.39 is 5.60 Å². The van der Waals surface area contributed by atoms with Gasteiger partial charge in [0, 0.05) is 25.2 Å². The molecule has 35 heavy (non-hydrogen) atoms. The maximum Gasteiger partial charge on any atom is 0.410 e. The van der Waals surface area contributed by atoms with Gasteiger partial charge in [-0.2, -0.15) is 0 Å². The number of amides is 2. The number of aromatic nitrogens is 2. The van der Waals surface area contributed by atoms with Crippen molar-refractivity contribution in [1.29, 1.82) is 0 Å². The van der Waals surface area contributed by atoms with E-state index in [-0.39, 0.29) is 36.0 Å². The molecule has 0 N–H and O–H groups in total. The van der Waals surface area contributed by atoms with Crippen LogP contribution in [-0.4, -0.2) is 81.1 Å². The summed E-state index contributed by atoms with van der Waals surface area (Å²) in [5, 5.41) is 0. The summed E-state index contributed by atoms with van der Waals surface area (Å²) in [6.07, 6.45) is 3.18. The van der Waals surface area contributed by atoms with Gasteiger partial charge >= 0.3 is 6.09 Å². The van der Waals surface area contributed by atoms with Crippen molar-refractivity contribution < 1.29 is 23.9 Å². The van der Waals surface area contributed by atoms with Gasteiger partial charge in [0.05, 0.1) is 37.3 Å². The molecule has 1 aromatic heterocycles. The molecule has 0 aliphatic carbocycles. The molecule has 3 atom stereocenters. The molecule has 0 bridgehead atoms. The molecule has 0 spiro atoms. The minimum atomic E-state index is -0.572. The van der Waals surface area contributed by atoms with Crippen molar-refractivity contribution in [2.24, 2.45) is 0 Å². The van der Waals surface area contributed by atoms with Crippen LogP contribution in [0.3, 0.4) is 0 Å². The average Bonchev–Trinajstić information content (AvgIpc) is 3.31. The zero-order chi connectivity index (χ0) is 25.3. The molecule has 4 rings (SSSR count). The lowest BCUT2D eigenvalue weighted by molar-refractivity contribution is -0.0988. The molecular weight excluding hydrogens is 448 g/mol. The molecule has 2 amide bonds. The van der Waals surface area contributed by atoms with Gasteiger partial charge in [0.15, 0.2) is 5.78 Å². The van der Waals surface area contributed by atoms with Crippen molar-refractivity contribution in [3.8, 4) is 0 Å². The Morgan fingerprint density at radius 3 is 2.63 bits per heavy atom. The number of fused-ring (bicyclic) bond motifs is 1. The normalized spacial score (nSPS) is 21.3. The maximum absolute atomic E-state index is 13.6. The second-order valence-electron chi connectivity index (χ2n) is 10.2. The largest absolute Gasteiger partial charge is 0.444 e. The summed E-state index contributed by atoms with van der Waals surface area (Å²) in [5.41, 5.74) is 1.35. The van der Waals surface area contributed by atoms with Crippen LogP contribution in [0.5, 0.6) is 0 Å². The minimum absolute atomic E-state index is 0.0218. The standard InChI is InChI=1S/C26H34N4O5/c1-17(19-8-6-7-9-20(19)18(2)31)30-16-27-14-22(30)24(32)28-11-10-21-23(15-28)34-13-12-29(21)25(33)35-26(3,4)5/h6-9,14,16-17,21,23H,10-13,15H2,1-5H3. The first-order valence-electron chi connectivity index (χ1n) is 12.1. The highest BCUT2D eigenvalue weighted by Gasteiger charge is 2.42. The van der Waals surface area contributed by atoms with Gasteiger partial charge in [-0.3, -0.25) is 9.59 Å². The number of imidazole rings is 1. The molecular formula is C26H34N4O5. The molecule has 2 aliphatic heterocycles. The Labute approximate surface area is 206 Å². The molecule has 3 unspecified atom stereocenters. The number of ketones is 1. The SMILES string of the molecule is CC(=O)c1ccccc1C(C)n1cncc1C(=O)N1CCC2C(C1)OCCN2C(=O)OC(C)(C)C. The number of carbonyl (C=O) groups excluding carboxylic acids is 3. The molecule has 9 heteroatoms. The summed E-state index contributed by atoms with van der Waals surface area (Å²) < 4.78 is 13.4. The van der Waals surface area contributed by atoms with Crippen LogP contribution in [-0.2, 0) is 9.47 Å². The van der Waals surface area contributed by atoms with E-state index in [1.54, 1.807) is 35.3 Å². The van der Waals surface area contributed by atoms with Crippen LogP contribution in [0.25, 0.3) is 0 Å². The maximum atomic E-state index is 13.6. The number of likely N-dealkylation sites (tertiary alicyclic amines) is 1. The fourth-order valence-corrected chi connectivity index (χ4v) is 4.90. The lowest BCUT2D eigenvalue weighted by atomic mass is 9.97. The van der Waals surface area contributed by atoms with E-state index in [1.807, 2.05) is 50.5 Å². The molecule has 3 heterocycles. The zero-order valence-electron chi connectivity index (χ0n) is 21.1. The number of Topliss-reactive ketones (excluding diaryl/α,β-unsaturated/α-hetero) is 1. The Morgan fingerprint density at radius 2 is 1.91 bits per heavy atom. The first kappa shape index (κ1) is 24.9. The van der Waals surface area contributed by atoms with Crippen molar-refractivity contribution >= 4 is 17.8 Å². The zero-order valence-corrected chi connectivity index (χ0v) is 21.1. The molecule has 0 saturated carbocycles. The van der Waals surface area contributed by atoms with E-state index in [0.717, 1.165) is 5.56 Å². The van der Waals surface area contributed by atoms with Crippen LogP contribution in [0.15, 0.2) is 36.8 Å². The van der Waals surface area contributed by atoms with Crippen molar-refractivity contribution in [3.05, 3.63) is 53.6 Å². The number of carbonyl (C=O) groups is 3. The molecule has 1 aromatic carbocycles. The highest BCUT2D eigenvalue weighted by Crippen LogP contribution is 2.28. The number of piperidine rings is 1. The van der Waals surface area contributed by atoms with Gasteiger partial charge in [-0.25, -0.2) is 9.78 Å². The van der Waals surface area contributed by atoms with Gasteiger partial charge < -0.3 is 23.8 Å². The Bertz CT molecular complexity index is 1110. The van der Waals surface area contributed by atoms with E-state index >= 15 is 0 Å². The molecule has 2 aromatic rings. The second kappa shape index (κ2) is 9.81. The summed E-state index contributed by atoms with van der Waals surface area (Å²) in [7, 11) is 0. The topological polar surface area (TPSA) is 94.0 Å². The Kier molecular flexibility index (Phi) is 6.98. The minimum Gasteiger partial charge on any atom is -0.444 e. The van der Waals surface area contributed by atoms with Crippen LogP contribution in [0, 0.1) is 0 Å². The molecule has 2 aliphatic rings. The smallest absolute Gasteiger partial charge is 0.410 e. The third-order valence-corrected chi connectivity index (χ3v) is 6.60. The third kappa shape index (κ3) is 5.24. The van der Waals surface area contributed by atoms with E-state index in [4.69, 9.17) is 9.47 Å². The monoisotopic (exact) mass is 482 g/mol. The first-order chi connectivity index (χ1) is 16.6. The summed E-state index contributed by atoms with van der Waals surface area (Å²) in [4.78, 5) is 46.2. The van der Waals surface area contributed by atoms with Gasteiger partial charge in [-0.1, -0.05) is 24.3 Å². The third-order valence-electron chi connectivity index (χ3n) is 6.60. The van der Waals surface area contributed by atoms with Crippen LogP contribution in [0.4, 0.5) is 4.79 Å². The van der Waals surface area contributed by atoms with Crippen molar-refractivity contribution in [3.63, 3.8) is 0 Å². The lowest BCUT2D eigenvalue weighted by Gasteiger charge is -2.46. The Morgan fingerprint density at radius 1 is 1.17 bits per heavy atom. The Balaban J connectivity index is 1.50. The van der Waals surface area contributed by atoms with Crippen LogP contribution < -0.4 is 0 Å². The van der Waals surface area contributed by atoms with Crippen molar-refractivity contribution in [2.75, 3.05) is 26.2 Å². The molecule has 9 nitrogen and oxygen atoms in total. The number of hydrogen-bond donors (Lipinski definition) is 0. The van der Waals surface area contributed by atoms with E-state index in [9.17, 15) is 14.4 Å². The van der Waals surface area contributed by atoms with E-state index in [2.05, 4.69) is 4.98 Å². The fraction of sp³-hybridized carbons (Fsp3) is 0.538. The van der Waals surface area contributed by atoms with E-state index in [1.165, 1.54) is 0 Å².